The summed E-state index contributed by atoms with van der Waals surface area (Å²) in [4.78, 5) is 23.5. The van der Waals surface area contributed by atoms with Gasteiger partial charge in [-0.3, -0.25) is 9.59 Å². The Bertz CT molecular complexity index is 682. The molecule has 1 aromatic carbocycles. The summed E-state index contributed by atoms with van der Waals surface area (Å²) in [6, 6.07) is 9.75. The van der Waals surface area contributed by atoms with Crippen LogP contribution in [0.5, 0.6) is 0 Å². The molecule has 0 spiro atoms. The van der Waals surface area contributed by atoms with Gasteiger partial charge in [0.1, 0.15) is 5.00 Å². The zero-order valence-corrected chi connectivity index (χ0v) is 14.1. The van der Waals surface area contributed by atoms with E-state index in [0.717, 1.165) is 5.75 Å². The molecule has 2 amide bonds. The van der Waals surface area contributed by atoms with Crippen LogP contribution in [0.2, 0.25) is 0 Å². The minimum absolute atomic E-state index is 0.122. The summed E-state index contributed by atoms with van der Waals surface area (Å²) in [7, 11) is 0. The first-order valence-electron chi connectivity index (χ1n) is 6.83. The van der Waals surface area contributed by atoms with Crippen molar-refractivity contribution in [3.8, 4) is 0 Å². The number of primary amides is 1. The van der Waals surface area contributed by atoms with Crippen molar-refractivity contribution in [3.05, 3.63) is 52.4 Å². The molecule has 1 heterocycles. The minimum atomic E-state index is -0.531. The molecule has 1 atom stereocenters. The summed E-state index contributed by atoms with van der Waals surface area (Å²) in [6.45, 7) is 3.92. The Morgan fingerprint density at radius 3 is 2.73 bits per heavy atom. The van der Waals surface area contributed by atoms with Crippen LogP contribution in [0.4, 0.5) is 5.00 Å². The molecule has 0 saturated carbocycles. The highest BCUT2D eigenvalue weighted by molar-refractivity contribution is 7.99. The first-order chi connectivity index (χ1) is 10.5. The second-order valence-corrected chi connectivity index (χ2v) is 7.14. The van der Waals surface area contributed by atoms with Crippen LogP contribution >= 0.6 is 23.1 Å². The van der Waals surface area contributed by atoms with Gasteiger partial charge < -0.3 is 11.1 Å². The van der Waals surface area contributed by atoms with E-state index in [4.69, 9.17) is 5.73 Å². The first kappa shape index (κ1) is 16.6. The van der Waals surface area contributed by atoms with Gasteiger partial charge in [-0.2, -0.15) is 0 Å². The molecule has 6 heteroatoms. The number of rotatable bonds is 6. The number of aryl methyl sites for hydroxylation is 1. The standard InChI is InChI=1S/C16H18N2O2S2/c1-10-5-3-4-6-12(10)9-22-11(2)15(20)18-16-13(14(17)19)7-8-21-16/h3-8,11H,9H2,1-2H3,(H2,17,19)(H,18,20)/t11-/m1/s1. The van der Waals surface area contributed by atoms with E-state index in [0.29, 0.717) is 10.6 Å². The summed E-state index contributed by atoms with van der Waals surface area (Å²) in [5.41, 5.74) is 8.07. The van der Waals surface area contributed by atoms with E-state index in [2.05, 4.69) is 24.4 Å². The van der Waals surface area contributed by atoms with Gasteiger partial charge in [0.05, 0.1) is 10.8 Å². The van der Waals surface area contributed by atoms with Gasteiger partial charge in [0, 0.05) is 5.75 Å². The van der Waals surface area contributed by atoms with E-state index in [1.807, 2.05) is 19.1 Å². The van der Waals surface area contributed by atoms with Crippen molar-refractivity contribution < 1.29 is 9.59 Å². The summed E-state index contributed by atoms with van der Waals surface area (Å²) in [5.74, 6) is 0.120. The van der Waals surface area contributed by atoms with Crippen LogP contribution in [0.1, 0.15) is 28.4 Å². The Balaban J connectivity index is 1.94. The molecule has 0 aliphatic carbocycles. The number of carbonyl (C=O) groups excluding carboxylic acids is 2. The van der Waals surface area contributed by atoms with Gasteiger partial charge in [-0.1, -0.05) is 24.3 Å². The third-order valence-electron chi connectivity index (χ3n) is 3.29. The molecule has 0 bridgehead atoms. The highest BCUT2D eigenvalue weighted by atomic mass is 32.2. The number of nitrogens with one attached hydrogen (secondary N) is 1. The topological polar surface area (TPSA) is 72.2 Å². The van der Waals surface area contributed by atoms with Crippen LogP contribution in [-0.4, -0.2) is 17.1 Å². The number of hydrogen-bond acceptors (Lipinski definition) is 4. The van der Waals surface area contributed by atoms with Gasteiger partial charge in [0.25, 0.3) is 5.91 Å². The highest BCUT2D eigenvalue weighted by Crippen LogP contribution is 2.25. The van der Waals surface area contributed by atoms with Gasteiger partial charge in [-0.25, -0.2) is 0 Å². The van der Waals surface area contributed by atoms with Crippen LogP contribution < -0.4 is 11.1 Å². The monoisotopic (exact) mass is 334 g/mol. The largest absolute Gasteiger partial charge is 0.366 e. The van der Waals surface area contributed by atoms with Crippen molar-refractivity contribution in [1.29, 1.82) is 0 Å². The van der Waals surface area contributed by atoms with Gasteiger partial charge in [0.15, 0.2) is 0 Å². The second-order valence-electron chi connectivity index (χ2n) is 4.90. The lowest BCUT2D eigenvalue weighted by molar-refractivity contribution is -0.115. The molecule has 1 aromatic heterocycles. The number of hydrogen-bond donors (Lipinski definition) is 2. The number of nitrogens with two attached hydrogens (primary N) is 1. The van der Waals surface area contributed by atoms with Crippen molar-refractivity contribution in [2.24, 2.45) is 5.73 Å². The lowest BCUT2D eigenvalue weighted by Gasteiger charge is -2.12. The molecule has 2 aromatic rings. The zero-order valence-electron chi connectivity index (χ0n) is 12.5. The molecule has 22 heavy (non-hydrogen) atoms. The number of anilines is 1. The molecule has 0 saturated heterocycles. The van der Waals surface area contributed by atoms with Crippen molar-refractivity contribution in [3.63, 3.8) is 0 Å². The van der Waals surface area contributed by atoms with Gasteiger partial charge >= 0.3 is 0 Å². The number of thiophene rings is 1. The van der Waals surface area contributed by atoms with E-state index in [1.54, 1.807) is 23.2 Å². The molecule has 0 aliphatic rings. The quantitative estimate of drug-likeness (QED) is 0.850. The molecule has 116 valence electrons. The number of amides is 2. The second kappa shape index (κ2) is 7.47. The van der Waals surface area contributed by atoms with E-state index in [9.17, 15) is 9.59 Å². The van der Waals surface area contributed by atoms with E-state index >= 15 is 0 Å². The molecule has 2 rings (SSSR count). The summed E-state index contributed by atoms with van der Waals surface area (Å²) in [6.07, 6.45) is 0. The molecule has 3 N–H and O–H groups in total. The highest BCUT2D eigenvalue weighted by Gasteiger charge is 2.17. The SMILES string of the molecule is Cc1ccccc1CS[C@H](C)C(=O)Nc1sccc1C(N)=O. The fourth-order valence-corrected chi connectivity index (χ4v) is 3.64. The smallest absolute Gasteiger partial charge is 0.251 e. The van der Waals surface area contributed by atoms with Crippen LogP contribution in [0, 0.1) is 6.92 Å². The molecule has 0 unspecified atom stereocenters. The summed E-state index contributed by atoms with van der Waals surface area (Å²) < 4.78 is 0. The van der Waals surface area contributed by atoms with Crippen molar-refractivity contribution >= 4 is 39.9 Å². The molecular formula is C16H18N2O2S2. The van der Waals surface area contributed by atoms with Crippen LogP contribution in [0.3, 0.4) is 0 Å². The number of carbonyl (C=O) groups is 2. The third-order valence-corrected chi connectivity index (χ3v) is 5.31. The summed E-state index contributed by atoms with van der Waals surface area (Å²) >= 11 is 2.86. The van der Waals surface area contributed by atoms with Gasteiger partial charge in [-0.15, -0.1) is 23.1 Å². The van der Waals surface area contributed by atoms with Gasteiger partial charge in [-0.05, 0) is 36.4 Å². The van der Waals surface area contributed by atoms with E-state index < -0.39 is 5.91 Å². The Hall–Kier alpha value is -1.79. The number of benzene rings is 1. The minimum Gasteiger partial charge on any atom is -0.366 e. The third kappa shape index (κ3) is 4.11. The van der Waals surface area contributed by atoms with Crippen LogP contribution in [0.25, 0.3) is 0 Å². The fourth-order valence-electron chi connectivity index (χ4n) is 1.88. The molecular weight excluding hydrogens is 316 g/mol. The fraction of sp³-hybridized carbons (Fsp3) is 0.250. The maximum Gasteiger partial charge on any atom is 0.251 e. The van der Waals surface area contributed by atoms with E-state index in [-0.39, 0.29) is 11.2 Å². The maximum absolute atomic E-state index is 12.2. The molecule has 0 fully saturated rings. The van der Waals surface area contributed by atoms with Crippen LogP contribution in [0.15, 0.2) is 35.7 Å². The molecule has 0 aliphatic heterocycles. The zero-order chi connectivity index (χ0) is 16.1. The van der Waals surface area contributed by atoms with Crippen molar-refractivity contribution in [2.45, 2.75) is 24.9 Å². The Morgan fingerprint density at radius 1 is 1.32 bits per heavy atom. The lowest BCUT2D eigenvalue weighted by atomic mass is 10.1. The molecule has 0 radical (unpaired) electrons. The average Bonchev–Trinajstić information content (AvgIpc) is 2.94. The molecule has 4 nitrogen and oxygen atoms in total. The Morgan fingerprint density at radius 2 is 2.05 bits per heavy atom. The Kier molecular flexibility index (Phi) is 5.63. The van der Waals surface area contributed by atoms with Crippen molar-refractivity contribution in [1.82, 2.24) is 0 Å². The van der Waals surface area contributed by atoms with Crippen molar-refractivity contribution in [2.75, 3.05) is 5.32 Å². The average molecular weight is 334 g/mol. The predicted octanol–water partition coefficient (Wildman–Crippen LogP) is 3.42. The van der Waals surface area contributed by atoms with Crippen LogP contribution in [-0.2, 0) is 10.5 Å². The number of thioether (sulfide) groups is 1. The van der Waals surface area contributed by atoms with Gasteiger partial charge in [0.2, 0.25) is 5.91 Å². The predicted molar refractivity (Wildman–Crippen MR) is 93.4 cm³/mol. The summed E-state index contributed by atoms with van der Waals surface area (Å²) in [5, 5.41) is 4.81. The van der Waals surface area contributed by atoms with E-state index in [1.165, 1.54) is 22.5 Å². The maximum atomic E-state index is 12.2. The lowest BCUT2D eigenvalue weighted by Crippen LogP contribution is -2.23. The first-order valence-corrected chi connectivity index (χ1v) is 8.76. The normalized spacial score (nSPS) is 11.9. The Labute approximate surface area is 138 Å².